The lowest BCUT2D eigenvalue weighted by Gasteiger charge is -2.12. The van der Waals surface area contributed by atoms with Gasteiger partial charge in [-0.05, 0) is 24.3 Å². The molecule has 0 aliphatic carbocycles. The van der Waals surface area contributed by atoms with Crippen LogP contribution in [0.1, 0.15) is 0 Å². The van der Waals surface area contributed by atoms with E-state index in [1.807, 2.05) is 25.2 Å². The van der Waals surface area contributed by atoms with E-state index in [0.29, 0.717) is 0 Å². The average Bonchev–Trinajstić information content (AvgIpc) is 1.88. The molecule has 0 unspecified atom stereocenters. The van der Waals surface area contributed by atoms with Crippen molar-refractivity contribution >= 4 is 13.5 Å². The fraction of sp³-hybridized carbons (Fsp3) is 0.286. The molecule has 1 rings (SSSR count). The summed E-state index contributed by atoms with van der Waals surface area (Å²) in [5.74, 6) is 0. The number of hydrogen-bond acceptors (Lipinski definition) is 2. The molecule has 0 aliphatic heterocycles. The van der Waals surface area contributed by atoms with Gasteiger partial charge >= 0.3 is 0 Å². The van der Waals surface area contributed by atoms with Crippen molar-refractivity contribution in [2.24, 2.45) is 0 Å². The molecule has 3 heteroatoms. The molecule has 0 bridgehead atoms. The van der Waals surface area contributed by atoms with E-state index in [2.05, 4.69) is 4.98 Å². The van der Waals surface area contributed by atoms with Gasteiger partial charge in [-0.3, -0.25) is 4.98 Å². The van der Waals surface area contributed by atoms with E-state index in [1.54, 1.807) is 12.4 Å². The van der Waals surface area contributed by atoms with Crippen LogP contribution < -0.4 is 5.19 Å². The first-order valence-electron chi connectivity index (χ1n) is 3.23. The van der Waals surface area contributed by atoms with Gasteiger partial charge in [-0.1, -0.05) is 6.07 Å². The summed E-state index contributed by atoms with van der Waals surface area (Å²) in [5.41, 5.74) is 0. The van der Waals surface area contributed by atoms with Crippen LogP contribution in [0.15, 0.2) is 24.5 Å². The van der Waals surface area contributed by atoms with Crippen LogP contribution in [-0.2, 0) is 0 Å². The molecular weight excluding hydrogens is 142 g/mol. The monoisotopic (exact) mass is 153 g/mol. The fourth-order valence-corrected chi connectivity index (χ4v) is 1.62. The summed E-state index contributed by atoms with van der Waals surface area (Å²) in [4.78, 5) is 13.5. The molecule has 0 spiro atoms. The molecule has 0 fully saturated rings. The maximum absolute atomic E-state index is 9.59. The van der Waals surface area contributed by atoms with Gasteiger partial charge < -0.3 is 4.80 Å². The Labute approximate surface area is 61.7 Å². The molecule has 0 saturated carbocycles. The predicted octanol–water partition coefficient (Wildman–Crippen LogP) is 0.486. The topological polar surface area (TPSA) is 33.1 Å². The molecule has 2 nitrogen and oxygen atoms in total. The van der Waals surface area contributed by atoms with Gasteiger partial charge in [0, 0.05) is 12.4 Å². The predicted molar refractivity (Wildman–Crippen MR) is 43.6 cm³/mol. The van der Waals surface area contributed by atoms with Crippen LogP contribution in [0.5, 0.6) is 0 Å². The summed E-state index contributed by atoms with van der Waals surface area (Å²) < 4.78 is 0. The highest BCUT2D eigenvalue weighted by atomic mass is 28.4. The zero-order chi connectivity index (χ0) is 7.61. The van der Waals surface area contributed by atoms with Crippen LogP contribution in [0.4, 0.5) is 0 Å². The molecule has 1 aromatic rings. The molecule has 54 valence electrons. The normalized spacial score (nSPS) is 11.5. The highest BCUT2D eigenvalue weighted by molar-refractivity contribution is 6.83. The molecule has 1 aromatic heterocycles. The molecular formula is C7H11NOSi. The van der Waals surface area contributed by atoms with E-state index < -0.39 is 8.32 Å². The third-order valence-electron chi connectivity index (χ3n) is 1.37. The van der Waals surface area contributed by atoms with Gasteiger partial charge in [0.25, 0.3) is 0 Å². The lowest BCUT2D eigenvalue weighted by atomic mass is 10.5. The average molecular weight is 153 g/mol. The van der Waals surface area contributed by atoms with Crippen LogP contribution in [-0.4, -0.2) is 18.1 Å². The molecule has 0 aliphatic rings. The van der Waals surface area contributed by atoms with Gasteiger partial charge in [0.2, 0.25) is 8.32 Å². The van der Waals surface area contributed by atoms with Crippen molar-refractivity contribution < 1.29 is 4.80 Å². The Kier molecular flexibility index (Phi) is 1.87. The SMILES string of the molecule is C[Si](C)(O)c1cccnc1. The van der Waals surface area contributed by atoms with Crippen molar-refractivity contribution in [3.63, 3.8) is 0 Å². The summed E-state index contributed by atoms with van der Waals surface area (Å²) in [6.07, 6.45) is 3.44. The van der Waals surface area contributed by atoms with Crippen LogP contribution in [0.2, 0.25) is 13.1 Å². The molecule has 0 aromatic carbocycles. The minimum Gasteiger partial charge on any atom is -0.428 e. The molecule has 10 heavy (non-hydrogen) atoms. The Bertz CT molecular complexity index is 205. The highest BCUT2D eigenvalue weighted by Gasteiger charge is 2.19. The largest absolute Gasteiger partial charge is 0.428 e. The minimum absolute atomic E-state index is 0.981. The smallest absolute Gasteiger partial charge is 0.215 e. The lowest BCUT2D eigenvalue weighted by Crippen LogP contribution is -2.41. The van der Waals surface area contributed by atoms with Gasteiger partial charge in [0.15, 0.2) is 0 Å². The van der Waals surface area contributed by atoms with Crippen molar-refractivity contribution in [2.75, 3.05) is 0 Å². The summed E-state index contributed by atoms with van der Waals surface area (Å²) in [6, 6.07) is 3.76. The standard InChI is InChI=1S/C7H11NOSi/c1-10(2,9)7-4-3-5-8-6-7/h3-6,9H,1-2H3. The molecule has 0 saturated heterocycles. The van der Waals surface area contributed by atoms with Crippen molar-refractivity contribution in [2.45, 2.75) is 13.1 Å². The summed E-state index contributed by atoms with van der Waals surface area (Å²) in [7, 11) is -2.10. The summed E-state index contributed by atoms with van der Waals surface area (Å²) in [6.45, 7) is 3.76. The molecule has 0 radical (unpaired) electrons. The van der Waals surface area contributed by atoms with E-state index in [9.17, 15) is 4.80 Å². The first-order chi connectivity index (χ1) is 4.61. The molecule has 0 atom stereocenters. The lowest BCUT2D eigenvalue weighted by molar-refractivity contribution is 0.568. The second kappa shape index (κ2) is 2.52. The minimum atomic E-state index is -2.10. The van der Waals surface area contributed by atoms with Gasteiger partial charge in [-0.25, -0.2) is 0 Å². The van der Waals surface area contributed by atoms with Crippen molar-refractivity contribution in [3.05, 3.63) is 24.5 Å². The van der Waals surface area contributed by atoms with Gasteiger partial charge in [-0.2, -0.15) is 0 Å². The molecule has 1 N–H and O–H groups in total. The van der Waals surface area contributed by atoms with Gasteiger partial charge in [-0.15, -0.1) is 0 Å². The Morgan fingerprint density at radius 1 is 1.50 bits per heavy atom. The molecule has 0 amide bonds. The molecule has 1 heterocycles. The maximum atomic E-state index is 9.59. The Hall–Kier alpha value is -0.673. The van der Waals surface area contributed by atoms with Crippen molar-refractivity contribution in [1.29, 1.82) is 0 Å². The second-order valence-electron chi connectivity index (χ2n) is 2.80. The van der Waals surface area contributed by atoms with Crippen LogP contribution >= 0.6 is 0 Å². The van der Waals surface area contributed by atoms with Crippen molar-refractivity contribution in [3.8, 4) is 0 Å². The zero-order valence-electron chi connectivity index (χ0n) is 6.20. The number of nitrogens with zero attached hydrogens (tertiary/aromatic N) is 1. The number of hydrogen-bond donors (Lipinski definition) is 1. The van der Waals surface area contributed by atoms with Crippen LogP contribution in [0, 0.1) is 0 Å². The van der Waals surface area contributed by atoms with Crippen molar-refractivity contribution in [1.82, 2.24) is 4.98 Å². The summed E-state index contributed by atoms with van der Waals surface area (Å²) in [5, 5.41) is 0.981. The first kappa shape index (κ1) is 7.43. The van der Waals surface area contributed by atoms with Gasteiger partial charge in [0.1, 0.15) is 0 Å². The van der Waals surface area contributed by atoms with E-state index >= 15 is 0 Å². The van der Waals surface area contributed by atoms with E-state index in [0.717, 1.165) is 5.19 Å². The Balaban J connectivity index is 2.97. The number of aromatic nitrogens is 1. The van der Waals surface area contributed by atoms with E-state index in [4.69, 9.17) is 0 Å². The van der Waals surface area contributed by atoms with E-state index in [1.165, 1.54) is 0 Å². The highest BCUT2D eigenvalue weighted by Crippen LogP contribution is 1.94. The zero-order valence-corrected chi connectivity index (χ0v) is 7.20. The summed E-state index contributed by atoms with van der Waals surface area (Å²) >= 11 is 0. The Morgan fingerprint density at radius 2 is 2.20 bits per heavy atom. The quantitative estimate of drug-likeness (QED) is 0.595. The third-order valence-corrected chi connectivity index (χ3v) is 3.08. The number of pyridine rings is 1. The maximum Gasteiger partial charge on any atom is 0.215 e. The van der Waals surface area contributed by atoms with Gasteiger partial charge in [0.05, 0.1) is 0 Å². The Morgan fingerprint density at radius 3 is 2.50 bits per heavy atom. The van der Waals surface area contributed by atoms with Crippen LogP contribution in [0.25, 0.3) is 0 Å². The van der Waals surface area contributed by atoms with E-state index in [-0.39, 0.29) is 0 Å². The first-order valence-corrected chi connectivity index (χ1v) is 6.18. The third kappa shape index (κ3) is 1.65. The second-order valence-corrected chi connectivity index (χ2v) is 6.50. The fourth-order valence-electron chi connectivity index (χ4n) is 0.725. The van der Waals surface area contributed by atoms with Crippen LogP contribution in [0.3, 0.4) is 0 Å². The number of rotatable bonds is 1.